The highest BCUT2D eigenvalue weighted by Gasteiger charge is 2.23. The highest BCUT2D eigenvalue weighted by Crippen LogP contribution is 2.05. The van der Waals surface area contributed by atoms with Crippen molar-refractivity contribution in [3.05, 3.63) is 35.4 Å². The number of amides is 1. The van der Waals surface area contributed by atoms with Gasteiger partial charge < -0.3 is 10.4 Å². The minimum absolute atomic E-state index is 0.166. The second-order valence-electron chi connectivity index (χ2n) is 4.24. The summed E-state index contributed by atoms with van der Waals surface area (Å²) in [5.41, 5.74) is 0.825. The van der Waals surface area contributed by atoms with E-state index >= 15 is 0 Å². The Morgan fingerprint density at radius 2 is 1.80 bits per heavy atom. The maximum absolute atomic E-state index is 11.8. The van der Waals surface area contributed by atoms with Gasteiger partial charge in [-0.15, -0.1) is 0 Å². The number of benzene rings is 1. The largest absolute Gasteiger partial charge is 0.392 e. The molecule has 0 radical (unpaired) electrons. The molecule has 0 heterocycles. The SMILES string of the molecule is CC(=O)C(CS(=O)(=O)O)NC(=O)c1ccc(CO)cc1. The van der Waals surface area contributed by atoms with E-state index < -0.39 is 33.6 Å². The molecule has 0 aromatic heterocycles. The van der Waals surface area contributed by atoms with E-state index in [0.29, 0.717) is 5.56 Å². The third-order valence-electron chi connectivity index (χ3n) is 2.57. The molecular formula is C12H15NO6S. The number of Topliss-reactive ketones (excluding diaryl/α,β-unsaturated/α-hetero) is 1. The van der Waals surface area contributed by atoms with Gasteiger partial charge in [-0.05, 0) is 24.6 Å². The average molecular weight is 301 g/mol. The fourth-order valence-corrected chi connectivity index (χ4v) is 2.21. The lowest BCUT2D eigenvalue weighted by Crippen LogP contribution is -2.44. The Morgan fingerprint density at radius 3 is 2.20 bits per heavy atom. The van der Waals surface area contributed by atoms with Crippen molar-refractivity contribution in [1.82, 2.24) is 5.32 Å². The van der Waals surface area contributed by atoms with Gasteiger partial charge in [-0.2, -0.15) is 8.42 Å². The number of aliphatic hydroxyl groups is 1. The lowest BCUT2D eigenvalue weighted by atomic mass is 10.1. The molecule has 1 aromatic carbocycles. The molecule has 0 aliphatic carbocycles. The highest BCUT2D eigenvalue weighted by molar-refractivity contribution is 7.85. The molecule has 0 fully saturated rings. The topological polar surface area (TPSA) is 121 Å². The fourth-order valence-electron chi connectivity index (χ4n) is 1.47. The maximum atomic E-state index is 11.8. The first-order valence-electron chi connectivity index (χ1n) is 5.69. The van der Waals surface area contributed by atoms with Crippen LogP contribution in [0.3, 0.4) is 0 Å². The Labute approximate surface area is 116 Å². The summed E-state index contributed by atoms with van der Waals surface area (Å²) in [6.07, 6.45) is 0. The van der Waals surface area contributed by atoms with E-state index in [1.165, 1.54) is 24.3 Å². The molecule has 8 heteroatoms. The quantitative estimate of drug-likeness (QED) is 0.623. The van der Waals surface area contributed by atoms with Crippen molar-refractivity contribution in [2.45, 2.75) is 19.6 Å². The van der Waals surface area contributed by atoms with Crippen molar-refractivity contribution in [2.75, 3.05) is 5.75 Å². The van der Waals surface area contributed by atoms with Gasteiger partial charge in [0.25, 0.3) is 16.0 Å². The Kier molecular flexibility index (Phi) is 5.37. The van der Waals surface area contributed by atoms with Gasteiger partial charge in [0.05, 0.1) is 6.61 Å². The van der Waals surface area contributed by atoms with Crippen LogP contribution >= 0.6 is 0 Å². The number of hydrogen-bond acceptors (Lipinski definition) is 5. The maximum Gasteiger partial charge on any atom is 0.267 e. The zero-order valence-electron chi connectivity index (χ0n) is 10.7. The van der Waals surface area contributed by atoms with E-state index in [0.717, 1.165) is 6.92 Å². The lowest BCUT2D eigenvalue weighted by Gasteiger charge is -2.14. The summed E-state index contributed by atoms with van der Waals surface area (Å²) in [5.74, 6) is -2.09. The van der Waals surface area contributed by atoms with Gasteiger partial charge in [0.2, 0.25) is 0 Å². The molecule has 0 bridgehead atoms. The van der Waals surface area contributed by atoms with Crippen LogP contribution in [0.25, 0.3) is 0 Å². The second-order valence-corrected chi connectivity index (χ2v) is 5.74. The minimum Gasteiger partial charge on any atom is -0.392 e. The average Bonchev–Trinajstić information content (AvgIpc) is 2.36. The number of rotatable bonds is 6. The predicted octanol–water partition coefficient (Wildman–Crippen LogP) is -0.246. The van der Waals surface area contributed by atoms with Crippen LogP contribution in [0, 0.1) is 0 Å². The molecule has 0 aliphatic rings. The van der Waals surface area contributed by atoms with E-state index in [1.54, 1.807) is 0 Å². The Hall–Kier alpha value is -1.77. The van der Waals surface area contributed by atoms with Crippen molar-refractivity contribution < 1.29 is 27.7 Å². The molecule has 7 nitrogen and oxygen atoms in total. The smallest absolute Gasteiger partial charge is 0.267 e. The second kappa shape index (κ2) is 6.60. The number of nitrogens with one attached hydrogen (secondary N) is 1. The molecule has 1 aromatic rings. The third kappa shape index (κ3) is 5.08. The summed E-state index contributed by atoms with van der Waals surface area (Å²) >= 11 is 0. The van der Waals surface area contributed by atoms with E-state index in [2.05, 4.69) is 5.32 Å². The normalized spacial score (nSPS) is 12.8. The first-order chi connectivity index (χ1) is 9.23. The van der Waals surface area contributed by atoms with Gasteiger partial charge in [-0.25, -0.2) is 0 Å². The van der Waals surface area contributed by atoms with E-state index in [9.17, 15) is 18.0 Å². The molecule has 0 aliphatic heterocycles. The van der Waals surface area contributed by atoms with Crippen LogP contribution in [0.4, 0.5) is 0 Å². The number of ketones is 1. The van der Waals surface area contributed by atoms with Crippen LogP contribution in [0.2, 0.25) is 0 Å². The molecule has 0 spiro atoms. The molecule has 20 heavy (non-hydrogen) atoms. The standard InChI is InChI=1S/C12H15NO6S/c1-8(15)11(7-20(17,18)19)13-12(16)10-4-2-9(6-14)3-5-10/h2-5,11,14H,6-7H2,1H3,(H,13,16)(H,17,18,19). The lowest BCUT2D eigenvalue weighted by molar-refractivity contribution is -0.118. The number of aliphatic hydroxyl groups excluding tert-OH is 1. The molecule has 0 saturated carbocycles. The van der Waals surface area contributed by atoms with Crippen LogP contribution in [-0.4, -0.2) is 41.6 Å². The predicted molar refractivity (Wildman–Crippen MR) is 70.7 cm³/mol. The zero-order chi connectivity index (χ0) is 15.3. The molecule has 1 atom stereocenters. The van der Waals surface area contributed by atoms with Crippen LogP contribution in [0.1, 0.15) is 22.8 Å². The zero-order valence-corrected chi connectivity index (χ0v) is 11.6. The van der Waals surface area contributed by atoms with Gasteiger partial charge in [0.1, 0.15) is 11.8 Å². The summed E-state index contributed by atoms with van der Waals surface area (Å²) < 4.78 is 30.3. The minimum atomic E-state index is -4.38. The van der Waals surface area contributed by atoms with Crippen molar-refractivity contribution >= 4 is 21.8 Å². The van der Waals surface area contributed by atoms with Gasteiger partial charge >= 0.3 is 0 Å². The van der Waals surface area contributed by atoms with Gasteiger partial charge in [0, 0.05) is 5.56 Å². The Balaban J connectivity index is 2.82. The summed E-state index contributed by atoms with van der Waals surface area (Å²) in [7, 11) is -4.38. The third-order valence-corrected chi connectivity index (χ3v) is 3.33. The first-order valence-corrected chi connectivity index (χ1v) is 7.30. The Bertz CT molecular complexity index is 593. The summed E-state index contributed by atoms with van der Waals surface area (Å²) in [6, 6.07) is 4.62. The number of carbonyl (C=O) groups excluding carboxylic acids is 2. The van der Waals surface area contributed by atoms with Gasteiger partial charge in [0.15, 0.2) is 5.78 Å². The molecule has 1 amide bonds. The van der Waals surface area contributed by atoms with Crippen molar-refractivity contribution in [3.63, 3.8) is 0 Å². The van der Waals surface area contributed by atoms with E-state index in [1.807, 2.05) is 0 Å². The van der Waals surface area contributed by atoms with Crippen LogP contribution in [-0.2, 0) is 21.5 Å². The van der Waals surface area contributed by atoms with E-state index in [4.69, 9.17) is 9.66 Å². The van der Waals surface area contributed by atoms with Crippen LogP contribution in [0.5, 0.6) is 0 Å². The van der Waals surface area contributed by atoms with Crippen molar-refractivity contribution in [1.29, 1.82) is 0 Å². The van der Waals surface area contributed by atoms with Gasteiger partial charge in [-0.1, -0.05) is 12.1 Å². The molecule has 1 rings (SSSR count). The summed E-state index contributed by atoms with van der Waals surface area (Å²) in [4.78, 5) is 23.1. The Morgan fingerprint density at radius 1 is 1.25 bits per heavy atom. The molecule has 3 N–H and O–H groups in total. The fraction of sp³-hybridized carbons (Fsp3) is 0.333. The summed E-state index contributed by atoms with van der Waals surface area (Å²) in [5, 5.41) is 11.1. The molecule has 1 unspecified atom stereocenters. The van der Waals surface area contributed by atoms with Gasteiger partial charge in [-0.3, -0.25) is 14.1 Å². The van der Waals surface area contributed by atoms with Crippen molar-refractivity contribution in [2.24, 2.45) is 0 Å². The first kappa shape index (κ1) is 16.3. The monoisotopic (exact) mass is 301 g/mol. The van der Waals surface area contributed by atoms with Crippen LogP contribution in [0.15, 0.2) is 24.3 Å². The number of carbonyl (C=O) groups is 2. The molecule has 0 saturated heterocycles. The summed E-state index contributed by atoms with van der Waals surface area (Å²) in [6.45, 7) is 0.950. The highest BCUT2D eigenvalue weighted by atomic mass is 32.2. The number of hydrogen-bond donors (Lipinski definition) is 3. The molecule has 110 valence electrons. The van der Waals surface area contributed by atoms with E-state index in [-0.39, 0.29) is 12.2 Å². The van der Waals surface area contributed by atoms with Crippen molar-refractivity contribution in [3.8, 4) is 0 Å². The molecular weight excluding hydrogens is 286 g/mol. The van der Waals surface area contributed by atoms with Crippen LogP contribution < -0.4 is 5.32 Å².